The van der Waals surface area contributed by atoms with Crippen molar-refractivity contribution in [3.8, 4) is 0 Å². The Bertz CT molecular complexity index is 640. The number of amides is 2. The third-order valence-corrected chi connectivity index (χ3v) is 5.02. The van der Waals surface area contributed by atoms with Crippen molar-refractivity contribution in [2.24, 2.45) is 0 Å². The predicted octanol–water partition coefficient (Wildman–Crippen LogP) is 1.29. The Hall–Kier alpha value is -1.77. The second-order valence-electron chi connectivity index (χ2n) is 4.44. The lowest BCUT2D eigenvalue weighted by molar-refractivity contribution is 0.0567. The number of fused-ring (bicyclic) bond motifs is 1. The molecular formula is C13H11N3O3S2. The van der Waals surface area contributed by atoms with Crippen LogP contribution < -0.4 is 0 Å². The van der Waals surface area contributed by atoms with Gasteiger partial charge >= 0.3 is 0 Å². The summed E-state index contributed by atoms with van der Waals surface area (Å²) in [5.74, 6) is -0.353. The fourth-order valence-electron chi connectivity index (χ4n) is 2.06. The van der Waals surface area contributed by atoms with Gasteiger partial charge in [0, 0.05) is 5.75 Å². The highest BCUT2D eigenvalue weighted by molar-refractivity contribution is 8.01. The number of rotatable bonds is 5. The van der Waals surface area contributed by atoms with Gasteiger partial charge in [-0.15, -0.1) is 10.2 Å². The maximum atomic E-state index is 12.1. The summed E-state index contributed by atoms with van der Waals surface area (Å²) in [5.41, 5.74) is 2.40. The summed E-state index contributed by atoms with van der Waals surface area (Å²) in [6, 6.07) is 6.68. The summed E-state index contributed by atoms with van der Waals surface area (Å²) < 4.78 is 0.747. The number of carbonyl (C=O) groups is 2. The quantitative estimate of drug-likeness (QED) is 0.660. The molecule has 0 saturated heterocycles. The summed E-state index contributed by atoms with van der Waals surface area (Å²) in [4.78, 5) is 25.4. The van der Waals surface area contributed by atoms with Crippen LogP contribution in [0.1, 0.15) is 20.7 Å². The van der Waals surface area contributed by atoms with Gasteiger partial charge in [0.2, 0.25) is 0 Å². The third-order valence-electron chi connectivity index (χ3n) is 3.01. The summed E-state index contributed by atoms with van der Waals surface area (Å²) >= 11 is 2.73. The van der Waals surface area contributed by atoms with Crippen LogP contribution in [0.4, 0.5) is 0 Å². The van der Waals surface area contributed by atoms with E-state index in [0.717, 1.165) is 9.24 Å². The highest BCUT2D eigenvalue weighted by atomic mass is 32.2. The van der Waals surface area contributed by atoms with Gasteiger partial charge in [-0.25, -0.2) is 0 Å². The average Bonchev–Trinajstić information content (AvgIpc) is 3.09. The van der Waals surface area contributed by atoms with Gasteiger partial charge in [-0.1, -0.05) is 35.2 Å². The molecule has 0 saturated carbocycles. The molecule has 1 atom stereocenters. The molecule has 3 rings (SSSR count). The van der Waals surface area contributed by atoms with Gasteiger partial charge in [-0.3, -0.25) is 14.5 Å². The molecule has 6 nitrogen and oxygen atoms in total. The monoisotopic (exact) mass is 321 g/mol. The molecule has 1 N–H and O–H groups in total. The van der Waals surface area contributed by atoms with Gasteiger partial charge in [-0.2, -0.15) is 0 Å². The molecule has 1 aromatic carbocycles. The molecule has 1 aromatic heterocycles. The van der Waals surface area contributed by atoms with Gasteiger partial charge < -0.3 is 5.11 Å². The minimum Gasteiger partial charge on any atom is -0.390 e. The molecule has 8 heteroatoms. The Kier molecular flexibility index (Phi) is 4.00. The maximum Gasteiger partial charge on any atom is 0.261 e. The number of benzene rings is 1. The van der Waals surface area contributed by atoms with E-state index in [4.69, 9.17) is 0 Å². The van der Waals surface area contributed by atoms with Crippen LogP contribution in [0, 0.1) is 0 Å². The van der Waals surface area contributed by atoms with Crippen molar-refractivity contribution < 1.29 is 14.7 Å². The topological polar surface area (TPSA) is 83.4 Å². The van der Waals surface area contributed by atoms with Crippen LogP contribution >= 0.6 is 23.1 Å². The van der Waals surface area contributed by atoms with Crippen LogP contribution in [0.3, 0.4) is 0 Å². The Morgan fingerprint density at radius 2 is 1.90 bits per heavy atom. The van der Waals surface area contributed by atoms with Crippen molar-refractivity contribution in [2.75, 3.05) is 12.3 Å². The molecule has 1 aliphatic rings. The van der Waals surface area contributed by atoms with Crippen molar-refractivity contribution in [2.45, 2.75) is 10.4 Å². The van der Waals surface area contributed by atoms with Crippen LogP contribution in [-0.4, -0.2) is 50.4 Å². The highest BCUT2D eigenvalue weighted by Gasteiger charge is 2.36. The molecule has 0 unspecified atom stereocenters. The van der Waals surface area contributed by atoms with E-state index in [-0.39, 0.29) is 18.4 Å². The number of hydrogen-bond acceptors (Lipinski definition) is 7. The summed E-state index contributed by atoms with van der Waals surface area (Å²) in [7, 11) is 0. The number of imide groups is 1. The molecule has 108 valence electrons. The van der Waals surface area contributed by atoms with Gasteiger partial charge in [0.1, 0.15) is 5.51 Å². The molecule has 0 aliphatic carbocycles. The lowest BCUT2D eigenvalue weighted by Gasteiger charge is -2.17. The first kappa shape index (κ1) is 14.2. The van der Waals surface area contributed by atoms with E-state index >= 15 is 0 Å². The fourth-order valence-corrected chi connectivity index (χ4v) is 3.49. The molecular weight excluding hydrogens is 310 g/mol. The second kappa shape index (κ2) is 5.92. The van der Waals surface area contributed by atoms with Crippen molar-refractivity contribution in [1.29, 1.82) is 0 Å². The Morgan fingerprint density at radius 3 is 2.48 bits per heavy atom. The van der Waals surface area contributed by atoms with Crippen molar-refractivity contribution in [3.63, 3.8) is 0 Å². The first-order valence-electron chi connectivity index (χ1n) is 6.19. The van der Waals surface area contributed by atoms with E-state index in [0.29, 0.717) is 16.9 Å². The number of aliphatic hydroxyl groups excluding tert-OH is 1. The van der Waals surface area contributed by atoms with Gasteiger partial charge in [0.25, 0.3) is 11.8 Å². The summed E-state index contributed by atoms with van der Waals surface area (Å²) in [6.45, 7) is -0.0157. The molecule has 1 aliphatic heterocycles. The van der Waals surface area contributed by atoms with Gasteiger partial charge in [0.05, 0.1) is 23.8 Å². The zero-order valence-corrected chi connectivity index (χ0v) is 12.4. The predicted molar refractivity (Wildman–Crippen MR) is 78.4 cm³/mol. The minimum absolute atomic E-state index is 0.0157. The standard InChI is InChI=1S/C13H11N3O3S2/c17-8(6-20-13-15-14-7-21-13)5-16-11(18)9-3-1-2-4-10(9)12(16)19/h1-4,7-8,17H,5-6H2/t8-/m1/s1. The van der Waals surface area contributed by atoms with Crippen molar-refractivity contribution in [3.05, 3.63) is 40.9 Å². The molecule has 21 heavy (non-hydrogen) atoms. The lowest BCUT2D eigenvalue weighted by Crippen LogP contribution is -2.37. The fraction of sp³-hybridized carbons (Fsp3) is 0.231. The molecule has 2 aromatic rings. The first-order valence-corrected chi connectivity index (χ1v) is 8.05. The van der Waals surface area contributed by atoms with E-state index in [1.54, 1.807) is 29.8 Å². The van der Waals surface area contributed by atoms with Gasteiger partial charge in [0.15, 0.2) is 4.34 Å². The average molecular weight is 321 g/mol. The molecule has 0 spiro atoms. The van der Waals surface area contributed by atoms with E-state index in [1.165, 1.54) is 23.1 Å². The number of nitrogens with zero attached hydrogens (tertiary/aromatic N) is 3. The Morgan fingerprint density at radius 1 is 1.24 bits per heavy atom. The molecule has 0 bridgehead atoms. The Labute approximate surface area is 128 Å². The Balaban J connectivity index is 1.63. The van der Waals surface area contributed by atoms with Crippen molar-refractivity contribution in [1.82, 2.24) is 15.1 Å². The number of carbonyl (C=O) groups excluding carboxylic acids is 2. The number of aromatic nitrogens is 2. The van der Waals surface area contributed by atoms with E-state index < -0.39 is 6.10 Å². The van der Waals surface area contributed by atoms with Crippen molar-refractivity contribution >= 4 is 34.9 Å². The van der Waals surface area contributed by atoms with Crippen LogP contribution in [0.15, 0.2) is 34.1 Å². The second-order valence-corrected chi connectivity index (χ2v) is 6.54. The smallest absolute Gasteiger partial charge is 0.261 e. The molecule has 2 amide bonds. The number of hydrogen-bond donors (Lipinski definition) is 1. The lowest BCUT2D eigenvalue weighted by atomic mass is 10.1. The van der Waals surface area contributed by atoms with Gasteiger partial charge in [-0.05, 0) is 12.1 Å². The summed E-state index contributed by atoms with van der Waals surface area (Å²) in [5, 5.41) is 17.6. The maximum absolute atomic E-state index is 12.1. The molecule has 2 heterocycles. The first-order chi connectivity index (χ1) is 10.2. The normalized spacial score (nSPS) is 15.4. The zero-order valence-electron chi connectivity index (χ0n) is 10.8. The number of thioether (sulfide) groups is 1. The zero-order chi connectivity index (χ0) is 14.8. The van der Waals surface area contributed by atoms with Crippen LogP contribution in [0.2, 0.25) is 0 Å². The molecule has 0 fully saturated rings. The van der Waals surface area contributed by atoms with Crippen LogP contribution in [0.25, 0.3) is 0 Å². The minimum atomic E-state index is -0.805. The van der Waals surface area contributed by atoms with Crippen LogP contribution in [-0.2, 0) is 0 Å². The largest absolute Gasteiger partial charge is 0.390 e. The van der Waals surface area contributed by atoms with E-state index in [2.05, 4.69) is 10.2 Å². The summed E-state index contributed by atoms with van der Waals surface area (Å²) in [6.07, 6.45) is -0.805. The number of aliphatic hydroxyl groups is 1. The van der Waals surface area contributed by atoms with E-state index in [9.17, 15) is 14.7 Å². The van der Waals surface area contributed by atoms with Crippen LogP contribution in [0.5, 0.6) is 0 Å². The number of β-amino-alcohol motifs (C(OH)–C–C–N with tert-alkyl or cyclic N) is 1. The SMILES string of the molecule is O=C1c2ccccc2C(=O)N1C[C@@H](O)CSc1nncs1. The highest BCUT2D eigenvalue weighted by Crippen LogP contribution is 2.24. The van der Waals surface area contributed by atoms with E-state index in [1.807, 2.05) is 0 Å². The molecule has 0 radical (unpaired) electrons. The third kappa shape index (κ3) is 2.82.